The van der Waals surface area contributed by atoms with Gasteiger partial charge in [0.25, 0.3) is 0 Å². The number of carbonyl (C=O) groups excluding carboxylic acids is 1. The summed E-state index contributed by atoms with van der Waals surface area (Å²) in [5, 5.41) is 1.51. The maximum absolute atomic E-state index is 13.8. The summed E-state index contributed by atoms with van der Waals surface area (Å²) in [5.41, 5.74) is -0.213. The van der Waals surface area contributed by atoms with Crippen LogP contribution in [-0.4, -0.2) is 12.2 Å². The van der Waals surface area contributed by atoms with Crippen LogP contribution in [0.4, 0.5) is 23.2 Å². The molecule has 0 fully saturated rings. The minimum Gasteiger partial charge on any atom is -0.457 e. The van der Waals surface area contributed by atoms with Crippen molar-refractivity contribution in [3.05, 3.63) is 52.3 Å². The first-order valence-corrected chi connectivity index (χ1v) is 8.59. The second kappa shape index (κ2) is 6.42. The Kier molecular flexibility index (Phi) is 4.59. The van der Waals surface area contributed by atoms with Gasteiger partial charge in [0.2, 0.25) is 5.91 Å². The zero-order valence-corrected chi connectivity index (χ0v) is 14.2. The van der Waals surface area contributed by atoms with Gasteiger partial charge in [0.05, 0.1) is 5.02 Å². The minimum absolute atomic E-state index is 0.164. The number of anilines is 1. The first-order valence-electron chi connectivity index (χ1n) is 6.92. The van der Waals surface area contributed by atoms with E-state index in [9.17, 15) is 22.4 Å². The summed E-state index contributed by atoms with van der Waals surface area (Å²) < 4.78 is 57.4. The number of hydrogen-bond acceptors (Lipinski definition) is 3. The molecule has 132 valence electrons. The molecule has 0 bridgehead atoms. The highest BCUT2D eigenvalue weighted by atomic mass is 35.5. The van der Waals surface area contributed by atoms with Gasteiger partial charge in [0, 0.05) is 23.4 Å². The van der Waals surface area contributed by atoms with Crippen LogP contribution in [0.2, 0.25) is 5.02 Å². The molecule has 1 aliphatic heterocycles. The molecule has 0 aromatic heterocycles. The average Bonchev–Trinajstić information content (AvgIpc) is 2.79. The van der Waals surface area contributed by atoms with Crippen molar-refractivity contribution >= 4 is 35.0 Å². The van der Waals surface area contributed by atoms with Gasteiger partial charge in [-0.2, -0.15) is 13.2 Å². The van der Waals surface area contributed by atoms with Crippen LogP contribution in [0, 0.1) is 5.82 Å². The van der Waals surface area contributed by atoms with Crippen molar-refractivity contribution < 1.29 is 27.1 Å². The molecular weight excluding hydrogens is 382 g/mol. The lowest BCUT2D eigenvalue weighted by molar-refractivity contribution is -0.139. The highest BCUT2D eigenvalue weighted by molar-refractivity contribution is 7.99. The van der Waals surface area contributed by atoms with E-state index >= 15 is 0 Å². The van der Waals surface area contributed by atoms with Crippen molar-refractivity contribution in [2.24, 2.45) is 0 Å². The molecule has 1 N–H and O–H groups in total. The Morgan fingerprint density at radius 3 is 2.52 bits per heavy atom. The van der Waals surface area contributed by atoms with Crippen molar-refractivity contribution in [2.75, 3.05) is 11.6 Å². The van der Waals surface area contributed by atoms with E-state index in [0.29, 0.717) is 17.3 Å². The molecule has 1 atom stereocenters. The lowest BCUT2D eigenvalue weighted by Crippen LogP contribution is -2.09. The first kappa shape index (κ1) is 17.9. The zero-order chi connectivity index (χ0) is 18.4. The fourth-order valence-electron chi connectivity index (χ4n) is 2.52. The molecule has 1 heterocycles. The van der Waals surface area contributed by atoms with Gasteiger partial charge in [-0.25, -0.2) is 4.39 Å². The monoisotopic (exact) mass is 391 g/mol. The number of rotatable bonds is 3. The molecule has 2 aromatic carbocycles. The Morgan fingerprint density at radius 2 is 1.92 bits per heavy atom. The lowest BCUT2D eigenvalue weighted by atomic mass is 10.1. The van der Waals surface area contributed by atoms with Gasteiger partial charge < -0.3 is 10.1 Å². The zero-order valence-electron chi connectivity index (χ0n) is 12.6. The Morgan fingerprint density at radius 1 is 1.20 bits per heavy atom. The van der Waals surface area contributed by atoms with Gasteiger partial charge in [0.1, 0.15) is 28.1 Å². The highest BCUT2D eigenvalue weighted by Crippen LogP contribution is 2.42. The normalized spacial score (nSPS) is 16.6. The fourth-order valence-corrected chi connectivity index (χ4v) is 3.55. The summed E-state index contributed by atoms with van der Waals surface area (Å²) in [4.78, 5) is 11.8. The maximum atomic E-state index is 13.8. The van der Waals surface area contributed by atoms with E-state index < -0.39 is 27.8 Å². The number of amides is 1. The van der Waals surface area contributed by atoms with Crippen LogP contribution in [0.25, 0.3) is 0 Å². The Balaban J connectivity index is 1.92. The SMILES string of the molecule is CSC1C(=O)Nc2ccc(Oc3cc(F)c(C(F)(F)F)c(Cl)c3)cc21. The van der Waals surface area contributed by atoms with E-state index in [2.05, 4.69) is 5.32 Å². The van der Waals surface area contributed by atoms with Crippen LogP contribution in [0.5, 0.6) is 11.5 Å². The molecule has 1 amide bonds. The first-order chi connectivity index (χ1) is 11.7. The molecule has 3 nitrogen and oxygen atoms in total. The molecule has 9 heteroatoms. The Labute approximate surface area is 149 Å². The maximum Gasteiger partial charge on any atom is 0.420 e. The lowest BCUT2D eigenvalue weighted by Gasteiger charge is -2.13. The molecule has 0 aliphatic carbocycles. The average molecular weight is 392 g/mol. The van der Waals surface area contributed by atoms with Gasteiger partial charge in [0.15, 0.2) is 0 Å². The fraction of sp³-hybridized carbons (Fsp3) is 0.188. The third-order valence-electron chi connectivity index (χ3n) is 3.57. The van der Waals surface area contributed by atoms with E-state index in [1.807, 2.05) is 0 Å². The van der Waals surface area contributed by atoms with Gasteiger partial charge in [-0.3, -0.25) is 4.79 Å². The van der Waals surface area contributed by atoms with Crippen molar-refractivity contribution in [2.45, 2.75) is 11.4 Å². The number of fused-ring (bicyclic) bond motifs is 1. The van der Waals surface area contributed by atoms with E-state index in [1.165, 1.54) is 17.8 Å². The standard InChI is InChI=1S/C16H10ClF4NO2S/c1-25-14-9-4-7(2-3-12(9)22-15(14)23)24-8-5-10(17)13(11(18)6-8)16(19,20)21/h2-6,14H,1H3,(H,22,23). The Hall–Kier alpha value is -1.93. The molecule has 2 aromatic rings. The van der Waals surface area contributed by atoms with Crippen LogP contribution < -0.4 is 10.1 Å². The summed E-state index contributed by atoms with van der Waals surface area (Å²) in [6, 6.07) is 6.23. The summed E-state index contributed by atoms with van der Waals surface area (Å²) in [6.45, 7) is 0. The second-order valence-electron chi connectivity index (χ2n) is 5.22. The topological polar surface area (TPSA) is 38.3 Å². The number of thioether (sulfide) groups is 1. The Bertz CT molecular complexity index is 834. The molecular formula is C16H10ClF4NO2S. The van der Waals surface area contributed by atoms with Gasteiger partial charge in [-0.15, -0.1) is 11.8 Å². The largest absolute Gasteiger partial charge is 0.457 e. The smallest absolute Gasteiger partial charge is 0.420 e. The van der Waals surface area contributed by atoms with E-state index in [4.69, 9.17) is 16.3 Å². The van der Waals surface area contributed by atoms with Gasteiger partial charge >= 0.3 is 6.18 Å². The van der Waals surface area contributed by atoms with Crippen molar-refractivity contribution in [3.8, 4) is 11.5 Å². The van der Waals surface area contributed by atoms with E-state index in [1.54, 1.807) is 18.4 Å². The summed E-state index contributed by atoms with van der Waals surface area (Å²) in [5.74, 6) is -1.60. The van der Waals surface area contributed by atoms with Crippen LogP contribution in [0.3, 0.4) is 0 Å². The number of nitrogens with one attached hydrogen (secondary N) is 1. The van der Waals surface area contributed by atoms with Crippen molar-refractivity contribution in [3.63, 3.8) is 0 Å². The van der Waals surface area contributed by atoms with Crippen LogP contribution in [0.15, 0.2) is 30.3 Å². The quantitative estimate of drug-likeness (QED) is 0.687. The minimum atomic E-state index is -4.90. The van der Waals surface area contributed by atoms with E-state index in [0.717, 1.165) is 6.07 Å². The number of hydrogen-bond donors (Lipinski definition) is 1. The van der Waals surface area contributed by atoms with Crippen LogP contribution in [0.1, 0.15) is 16.4 Å². The highest BCUT2D eigenvalue weighted by Gasteiger charge is 2.37. The predicted molar refractivity (Wildman–Crippen MR) is 87.8 cm³/mol. The van der Waals surface area contributed by atoms with Crippen molar-refractivity contribution in [1.29, 1.82) is 0 Å². The number of halogens is 5. The molecule has 3 rings (SSSR count). The molecule has 0 saturated carbocycles. The summed E-state index contributed by atoms with van der Waals surface area (Å²) >= 11 is 6.88. The molecule has 0 spiro atoms. The molecule has 0 saturated heterocycles. The molecule has 1 unspecified atom stereocenters. The van der Waals surface area contributed by atoms with Crippen molar-refractivity contribution in [1.82, 2.24) is 0 Å². The summed E-state index contributed by atoms with van der Waals surface area (Å²) in [6.07, 6.45) is -3.12. The van der Waals surface area contributed by atoms with Gasteiger partial charge in [-0.05, 0) is 24.5 Å². The number of carbonyl (C=O) groups is 1. The number of alkyl halides is 3. The van der Waals surface area contributed by atoms with Gasteiger partial charge in [-0.1, -0.05) is 11.6 Å². The predicted octanol–water partition coefficient (Wildman–Crippen LogP) is 5.65. The second-order valence-corrected chi connectivity index (χ2v) is 6.57. The number of benzene rings is 2. The number of ether oxygens (including phenoxy) is 1. The van der Waals surface area contributed by atoms with E-state index in [-0.39, 0.29) is 17.4 Å². The van der Waals surface area contributed by atoms with Crippen LogP contribution >= 0.6 is 23.4 Å². The van der Waals surface area contributed by atoms with Crippen LogP contribution in [-0.2, 0) is 11.0 Å². The third-order valence-corrected chi connectivity index (χ3v) is 4.81. The third kappa shape index (κ3) is 3.41. The molecule has 1 aliphatic rings. The molecule has 0 radical (unpaired) electrons. The summed E-state index contributed by atoms with van der Waals surface area (Å²) in [7, 11) is 0. The molecule has 25 heavy (non-hydrogen) atoms.